The molecule has 2 aromatic carbocycles. The third kappa shape index (κ3) is 5.59. The molecule has 194 valence electrons. The summed E-state index contributed by atoms with van der Waals surface area (Å²) in [6.45, 7) is 1.84. The Kier molecular flexibility index (Phi) is 6.95. The van der Waals surface area contributed by atoms with Crippen LogP contribution in [0.1, 0.15) is 27.3 Å². The molecule has 0 unspecified atom stereocenters. The maximum Gasteiger partial charge on any atom is 0.433 e. The Balaban J connectivity index is 1.25. The minimum atomic E-state index is -4.76. The van der Waals surface area contributed by atoms with E-state index in [1.54, 1.807) is 47.4 Å². The van der Waals surface area contributed by atoms with Crippen molar-refractivity contribution in [1.82, 2.24) is 19.9 Å². The fraction of sp³-hybridized carbons (Fsp3) is 0.214. The molecule has 0 saturated carbocycles. The van der Waals surface area contributed by atoms with E-state index in [0.29, 0.717) is 36.6 Å². The number of benzene rings is 2. The number of imidazole rings is 1. The van der Waals surface area contributed by atoms with E-state index in [1.165, 1.54) is 6.20 Å². The van der Waals surface area contributed by atoms with Crippen LogP contribution in [-0.2, 0) is 23.9 Å². The molecule has 1 amide bonds. The number of aromatic amines is 1. The van der Waals surface area contributed by atoms with Crippen LogP contribution in [0.25, 0.3) is 11.4 Å². The Morgan fingerprint density at radius 1 is 0.921 bits per heavy atom. The lowest BCUT2D eigenvalue weighted by Gasteiger charge is -2.35. The average molecular weight is 520 g/mol. The number of ketones is 1. The molecule has 1 saturated heterocycles. The molecule has 3 heterocycles. The van der Waals surface area contributed by atoms with Gasteiger partial charge in [0, 0.05) is 37.8 Å². The Morgan fingerprint density at radius 3 is 2.26 bits per heavy atom. The lowest BCUT2D eigenvalue weighted by molar-refractivity contribution is -0.141. The second kappa shape index (κ2) is 10.5. The highest BCUT2D eigenvalue weighted by Crippen LogP contribution is 2.33. The largest absolute Gasteiger partial charge is 0.433 e. The summed E-state index contributed by atoms with van der Waals surface area (Å²) < 4.78 is 40.9. The number of halogens is 3. The van der Waals surface area contributed by atoms with E-state index in [0.717, 1.165) is 5.56 Å². The van der Waals surface area contributed by atoms with E-state index < -0.39 is 23.3 Å². The molecule has 10 heteroatoms. The Bertz CT molecular complexity index is 1420. The molecule has 0 spiro atoms. The number of pyridine rings is 1. The van der Waals surface area contributed by atoms with Gasteiger partial charge in [-0.05, 0) is 17.2 Å². The molecule has 1 aliphatic rings. The number of carbonyl (C=O) groups is 2. The van der Waals surface area contributed by atoms with Crippen molar-refractivity contribution in [3.63, 3.8) is 0 Å². The van der Waals surface area contributed by atoms with Crippen LogP contribution in [0.15, 0.2) is 79.0 Å². The maximum atomic E-state index is 13.6. The first-order valence-electron chi connectivity index (χ1n) is 12.1. The number of anilines is 1. The lowest BCUT2D eigenvalue weighted by atomic mass is 10.1. The lowest BCUT2D eigenvalue weighted by Crippen LogP contribution is -2.50. The molecule has 1 fully saturated rings. The van der Waals surface area contributed by atoms with E-state index in [1.807, 2.05) is 35.2 Å². The molecule has 38 heavy (non-hydrogen) atoms. The fourth-order valence-corrected chi connectivity index (χ4v) is 4.37. The number of carbonyl (C=O) groups excluding carboxylic acids is 2. The van der Waals surface area contributed by atoms with Crippen LogP contribution >= 0.6 is 0 Å². The number of Topliss-reactive ketones (excluding diaryl/α,β-unsaturated/α-hetero) is 1. The monoisotopic (exact) mass is 519 g/mol. The van der Waals surface area contributed by atoms with Gasteiger partial charge >= 0.3 is 6.18 Å². The van der Waals surface area contributed by atoms with Crippen LogP contribution in [0.5, 0.6) is 0 Å². The van der Waals surface area contributed by atoms with E-state index in [9.17, 15) is 22.8 Å². The number of rotatable bonds is 7. The normalized spacial score (nSPS) is 14.1. The van der Waals surface area contributed by atoms with E-state index in [-0.39, 0.29) is 24.7 Å². The minimum absolute atomic E-state index is 0.0198. The smallest absolute Gasteiger partial charge is 0.346 e. The number of aromatic nitrogens is 3. The predicted octanol–water partition coefficient (Wildman–Crippen LogP) is 4.76. The predicted molar refractivity (Wildman–Crippen MR) is 135 cm³/mol. The van der Waals surface area contributed by atoms with E-state index in [4.69, 9.17) is 0 Å². The number of hydrogen-bond acceptors (Lipinski definition) is 5. The van der Waals surface area contributed by atoms with Gasteiger partial charge in [0.2, 0.25) is 5.91 Å². The van der Waals surface area contributed by atoms with E-state index in [2.05, 4.69) is 15.0 Å². The summed E-state index contributed by atoms with van der Waals surface area (Å²) in [5.41, 5.74) is 0.132. The highest BCUT2D eigenvalue weighted by Gasteiger charge is 2.39. The summed E-state index contributed by atoms with van der Waals surface area (Å²) in [6.07, 6.45) is -3.60. The fourth-order valence-electron chi connectivity index (χ4n) is 4.37. The zero-order valence-corrected chi connectivity index (χ0v) is 20.3. The molecular weight excluding hydrogens is 495 g/mol. The van der Waals surface area contributed by atoms with Gasteiger partial charge in [0.1, 0.15) is 17.3 Å². The molecule has 7 nitrogen and oxygen atoms in total. The number of amides is 1. The minimum Gasteiger partial charge on any atom is -0.346 e. The molecule has 1 N–H and O–H groups in total. The van der Waals surface area contributed by atoms with Crippen LogP contribution < -0.4 is 4.90 Å². The molecule has 0 radical (unpaired) electrons. The van der Waals surface area contributed by atoms with Crippen molar-refractivity contribution in [3.05, 3.63) is 102 Å². The van der Waals surface area contributed by atoms with Gasteiger partial charge in [-0.1, -0.05) is 66.7 Å². The van der Waals surface area contributed by atoms with Gasteiger partial charge in [-0.3, -0.25) is 9.59 Å². The van der Waals surface area contributed by atoms with Gasteiger partial charge in [-0.25, -0.2) is 9.97 Å². The molecule has 0 atom stereocenters. The Hall–Kier alpha value is -4.47. The zero-order valence-electron chi connectivity index (χ0n) is 20.3. The molecule has 1 aliphatic heterocycles. The van der Waals surface area contributed by atoms with Crippen molar-refractivity contribution in [2.75, 3.05) is 24.5 Å². The Labute approximate surface area is 217 Å². The number of piperazine rings is 1. The van der Waals surface area contributed by atoms with Gasteiger partial charge in [0.05, 0.1) is 6.54 Å². The number of nitrogens with one attached hydrogen (secondary N) is 1. The van der Waals surface area contributed by atoms with Gasteiger partial charge in [-0.2, -0.15) is 13.2 Å². The SMILES string of the molecule is O=C(Cc1ccc(N2CCN(Cc3ccccc3)C(=O)C2)nc1)c1nc(-c2ccccc2)[nH]c1C(F)(F)F. The summed E-state index contributed by atoms with van der Waals surface area (Å²) in [5.74, 6) is -0.245. The van der Waals surface area contributed by atoms with Crippen LogP contribution in [0.4, 0.5) is 19.0 Å². The van der Waals surface area contributed by atoms with Gasteiger partial charge < -0.3 is 14.8 Å². The van der Waals surface area contributed by atoms with Crippen LogP contribution in [-0.4, -0.2) is 51.2 Å². The number of H-pyrrole nitrogens is 1. The van der Waals surface area contributed by atoms with Crippen LogP contribution in [0, 0.1) is 0 Å². The second-order valence-corrected chi connectivity index (χ2v) is 9.02. The average Bonchev–Trinajstić information content (AvgIpc) is 3.38. The van der Waals surface area contributed by atoms with Crippen molar-refractivity contribution in [2.24, 2.45) is 0 Å². The summed E-state index contributed by atoms with van der Waals surface area (Å²) >= 11 is 0. The third-order valence-corrected chi connectivity index (χ3v) is 6.33. The zero-order chi connectivity index (χ0) is 26.7. The van der Waals surface area contributed by atoms with Crippen molar-refractivity contribution in [1.29, 1.82) is 0 Å². The quantitative estimate of drug-likeness (QED) is 0.356. The molecule has 0 aliphatic carbocycles. The standard InChI is InChI=1S/C28H24F3N5O2/c29-28(30,31)26-25(33-27(34-26)21-9-5-2-6-10-21)22(37)15-20-11-12-23(32-16-20)35-13-14-36(24(38)18-35)17-19-7-3-1-4-8-19/h1-12,16H,13-15,17-18H2,(H,33,34). The van der Waals surface area contributed by atoms with E-state index >= 15 is 0 Å². The van der Waals surface area contributed by atoms with Crippen LogP contribution in [0.2, 0.25) is 0 Å². The summed E-state index contributed by atoms with van der Waals surface area (Å²) in [7, 11) is 0. The Morgan fingerprint density at radius 2 is 1.63 bits per heavy atom. The highest BCUT2D eigenvalue weighted by atomic mass is 19.4. The number of hydrogen-bond donors (Lipinski definition) is 1. The topological polar surface area (TPSA) is 82.2 Å². The first-order valence-corrected chi connectivity index (χ1v) is 12.1. The molecule has 5 rings (SSSR count). The van der Waals surface area contributed by atoms with Crippen molar-refractivity contribution in [3.8, 4) is 11.4 Å². The van der Waals surface area contributed by atoms with Crippen LogP contribution in [0.3, 0.4) is 0 Å². The summed E-state index contributed by atoms with van der Waals surface area (Å²) in [6, 6.07) is 21.4. The van der Waals surface area contributed by atoms with Crippen molar-refractivity contribution in [2.45, 2.75) is 19.1 Å². The van der Waals surface area contributed by atoms with Gasteiger partial charge in [0.25, 0.3) is 0 Å². The van der Waals surface area contributed by atoms with Gasteiger partial charge in [0.15, 0.2) is 11.5 Å². The molecule has 2 aromatic heterocycles. The van der Waals surface area contributed by atoms with Gasteiger partial charge in [-0.15, -0.1) is 0 Å². The maximum absolute atomic E-state index is 13.6. The molecular formula is C28H24F3N5O2. The van der Waals surface area contributed by atoms with Crippen molar-refractivity contribution < 1.29 is 22.8 Å². The first kappa shape index (κ1) is 25.2. The first-order chi connectivity index (χ1) is 18.3. The number of alkyl halides is 3. The molecule has 0 bridgehead atoms. The second-order valence-electron chi connectivity index (χ2n) is 9.02. The molecule has 4 aromatic rings. The third-order valence-electron chi connectivity index (χ3n) is 6.33. The summed E-state index contributed by atoms with van der Waals surface area (Å²) in [4.78, 5) is 39.8. The summed E-state index contributed by atoms with van der Waals surface area (Å²) in [5, 5.41) is 0. The number of nitrogens with zero attached hydrogens (tertiary/aromatic N) is 4. The highest BCUT2D eigenvalue weighted by molar-refractivity contribution is 5.97. The van der Waals surface area contributed by atoms with Crippen molar-refractivity contribution >= 4 is 17.5 Å².